The standard InChI is InChI=1S/C12H25NO2/c1-7-9(8-2)13-12(5,6)11(3,4)10(14)15/h9,13H,7-8H2,1-6H3,(H,14,15). The van der Waals surface area contributed by atoms with E-state index in [9.17, 15) is 9.90 Å². The second-order valence-electron chi connectivity index (χ2n) is 5.21. The molecule has 0 aromatic heterocycles. The summed E-state index contributed by atoms with van der Waals surface area (Å²) in [6, 6.07) is 0.388. The van der Waals surface area contributed by atoms with Crippen molar-refractivity contribution < 1.29 is 9.90 Å². The van der Waals surface area contributed by atoms with Gasteiger partial charge in [0.15, 0.2) is 0 Å². The first-order valence-electron chi connectivity index (χ1n) is 5.70. The molecule has 0 aliphatic rings. The summed E-state index contributed by atoms with van der Waals surface area (Å²) in [7, 11) is 0. The van der Waals surface area contributed by atoms with Crippen LogP contribution in [-0.2, 0) is 4.79 Å². The first kappa shape index (κ1) is 14.4. The third kappa shape index (κ3) is 3.20. The fraction of sp³-hybridized carbons (Fsp3) is 0.917. The van der Waals surface area contributed by atoms with Gasteiger partial charge < -0.3 is 10.4 Å². The Morgan fingerprint density at radius 1 is 1.20 bits per heavy atom. The Balaban J connectivity index is 4.73. The Kier molecular flexibility index (Phi) is 4.78. The zero-order valence-electron chi connectivity index (χ0n) is 10.8. The number of hydrogen-bond donors (Lipinski definition) is 2. The summed E-state index contributed by atoms with van der Waals surface area (Å²) in [6.45, 7) is 11.7. The average Bonchev–Trinajstić information content (AvgIpc) is 2.13. The molecule has 0 aliphatic carbocycles. The van der Waals surface area contributed by atoms with Crippen LogP contribution in [0.15, 0.2) is 0 Å². The van der Waals surface area contributed by atoms with Crippen molar-refractivity contribution in [3.8, 4) is 0 Å². The molecule has 15 heavy (non-hydrogen) atoms. The molecule has 90 valence electrons. The van der Waals surface area contributed by atoms with Crippen LogP contribution >= 0.6 is 0 Å². The minimum Gasteiger partial charge on any atom is -0.481 e. The van der Waals surface area contributed by atoms with E-state index in [4.69, 9.17) is 0 Å². The average molecular weight is 215 g/mol. The molecule has 3 heteroatoms. The van der Waals surface area contributed by atoms with E-state index >= 15 is 0 Å². The quantitative estimate of drug-likeness (QED) is 0.716. The maximum Gasteiger partial charge on any atom is 0.310 e. The summed E-state index contributed by atoms with van der Waals surface area (Å²) in [5, 5.41) is 12.6. The van der Waals surface area contributed by atoms with Gasteiger partial charge in [0.2, 0.25) is 0 Å². The zero-order chi connectivity index (χ0) is 12.3. The molecular weight excluding hydrogens is 190 g/mol. The topological polar surface area (TPSA) is 49.3 Å². The van der Waals surface area contributed by atoms with E-state index in [1.165, 1.54) is 0 Å². The maximum absolute atomic E-state index is 11.2. The van der Waals surface area contributed by atoms with Crippen molar-refractivity contribution in [2.24, 2.45) is 5.41 Å². The Labute approximate surface area is 93.3 Å². The fourth-order valence-electron chi connectivity index (χ4n) is 1.45. The number of rotatable bonds is 6. The summed E-state index contributed by atoms with van der Waals surface area (Å²) in [5.74, 6) is -0.758. The smallest absolute Gasteiger partial charge is 0.310 e. The van der Waals surface area contributed by atoms with Gasteiger partial charge in [-0.15, -0.1) is 0 Å². The molecule has 0 aromatic rings. The first-order valence-corrected chi connectivity index (χ1v) is 5.70. The lowest BCUT2D eigenvalue weighted by molar-refractivity contribution is -0.151. The van der Waals surface area contributed by atoms with Gasteiger partial charge in [0.05, 0.1) is 5.41 Å². The molecule has 0 radical (unpaired) electrons. The van der Waals surface area contributed by atoms with Gasteiger partial charge in [-0.05, 0) is 40.5 Å². The molecule has 0 aliphatic heterocycles. The molecule has 0 saturated heterocycles. The third-order valence-corrected chi connectivity index (χ3v) is 3.65. The minimum atomic E-state index is -0.768. The second kappa shape index (κ2) is 4.97. The molecule has 0 saturated carbocycles. The SMILES string of the molecule is CCC(CC)NC(C)(C)C(C)(C)C(=O)O. The van der Waals surface area contributed by atoms with E-state index in [0.29, 0.717) is 6.04 Å². The molecule has 0 unspecified atom stereocenters. The molecule has 0 fully saturated rings. The van der Waals surface area contributed by atoms with Crippen LogP contribution in [0.3, 0.4) is 0 Å². The van der Waals surface area contributed by atoms with Gasteiger partial charge in [0, 0.05) is 11.6 Å². The Morgan fingerprint density at radius 2 is 1.60 bits per heavy atom. The van der Waals surface area contributed by atoms with Crippen molar-refractivity contribution in [3.63, 3.8) is 0 Å². The predicted molar refractivity (Wildman–Crippen MR) is 63.0 cm³/mol. The zero-order valence-corrected chi connectivity index (χ0v) is 10.8. The van der Waals surface area contributed by atoms with E-state index < -0.39 is 16.9 Å². The van der Waals surface area contributed by atoms with E-state index in [0.717, 1.165) is 12.8 Å². The predicted octanol–water partition coefficient (Wildman–Crippen LogP) is 2.65. The van der Waals surface area contributed by atoms with Crippen LogP contribution in [0.4, 0.5) is 0 Å². The molecule has 0 spiro atoms. The van der Waals surface area contributed by atoms with Crippen LogP contribution in [0.2, 0.25) is 0 Å². The van der Waals surface area contributed by atoms with Gasteiger partial charge in [-0.3, -0.25) is 4.79 Å². The van der Waals surface area contributed by atoms with Crippen molar-refractivity contribution in [2.75, 3.05) is 0 Å². The van der Waals surface area contributed by atoms with Gasteiger partial charge in [0.1, 0.15) is 0 Å². The van der Waals surface area contributed by atoms with Gasteiger partial charge in [-0.1, -0.05) is 13.8 Å². The first-order chi connectivity index (χ1) is 6.69. The molecule has 0 bridgehead atoms. The molecule has 0 heterocycles. The van der Waals surface area contributed by atoms with Gasteiger partial charge in [-0.25, -0.2) is 0 Å². The second-order valence-corrected chi connectivity index (χ2v) is 5.21. The summed E-state index contributed by atoms with van der Waals surface area (Å²) >= 11 is 0. The highest BCUT2D eigenvalue weighted by molar-refractivity contribution is 5.75. The molecule has 0 atom stereocenters. The Morgan fingerprint density at radius 3 is 1.87 bits per heavy atom. The van der Waals surface area contributed by atoms with Crippen LogP contribution in [-0.4, -0.2) is 22.7 Å². The number of carboxylic acids is 1. The van der Waals surface area contributed by atoms with Crippen molar-refractivity contribution in [1.82, 2.24) is 5.32 Å². The monoisotopic (exact) mass is 215 g/mol. The number of carboxylic acid groups (broad SMARTS) is 1. The molecule has 0 rings (SSSR count). The van der Waals surface area contributed by atoms with Gasteiger partial charge in [0.25, 0.3) is 0 Å². The fourth-order valence-corrected chi connectivity index (χ4v) is 1.45. The molecule has 0 amide bonds. The highest BCUT2D eigenvalue weighted by atomic mass is 16.4. The van der Waals surface area contributed by atoms with Crippen molar-refractivity contribution in [3.05, 3.63) is 0 Å². The molecule has 3 nitrogen and oxygen atoms in total. The van der Waals surface area contributed by atoms with Crippen molar-refractivity contribution in [1.29, 1.82) is 0 Å². The Hall–Kier alpha value is -0.570. The van der Waals surface area contributed by atoms with Crippen LogP contribution in [0, 0.1) is 5.41 Å². The maximum atomic E-state index is 11.2. The number of hydrogen-bond acceptors (Lipinski definition) is 2. The van der Waals surface area contributed by atoms with E-state index in [1.807, 2.05) is 13.8 Å². The van der Waals surface area contributed by atoms with Crippen molar-refractivity contribution in [2.45, 2.75) is 66.0 Å². The van der Waals surface area contributed by atoms with E-state index in [2.05, 4.69) is 19.2 Å². The summed E-state index contributed by atoms with van der Waals surface area (Å²) < 4.78 is 0. The largest absolute Gasteiger partial charge is 0.481 e. The number of nitrogens with one attached hydrogen (secondary N) is 1. The summed E-state index contributed by atoms with van der Waals surface area (Å²) in [6.07, 6.45) is 2.05. The lowest BCUT2D eigenvalue weighted by Crippen LogP contribution is -2.57. The minimum absolute atomic E-state index is 0.388. The summed E-state index contributed by atoms with van der Waals surface area (Å²) in [5.41, 5.74) is -1.18. The van der Waals surface area contributed by atoms with E-state index in [-0.39, 0.29) is 0 Å². The molecular formula is C12H25NO2. The van der Waals surface area contributed by atoms with Crippen LogP contribution < -0.4 is 5.32 Å². The third-order valence-electron chi connectivity index (χ3n) is 3.65. The lowest BCUT2D eigenvalue weighted by atomic mass is 9.74. The molecule has 0 aromatic carbocycles. The highest BCUT2D eigenvalue weighted by Crippen LogP contribution is 2.31. The normalized spacial score (nSPS) is 13.3. The van der Waals surface area contributed by atoms with Crippen LogP contribution in [0.25, 0.3) is 0 Å². The van der Waals surface area contributed by atoms with Gasteiger partial charge >= 0.3 is 5.97 Å². The van der Waals surface area contributed by atoms with Crippen molar-refractivity contribution >= 4 is 5.97 Å². The van der Waals surface area contributed by atoms with Crippen LogP contribution in [0.5, 0.6) is 0 Å². The van der Waals surface area contributed by atoms with Gasteiger partial charge in [-0.2, -0.15) is 0 Å². The van der Waals surface area contributed by atoms with E-state index in [1.54, 1.807) is 13.8 Å². The lowest BCUT2D eigenvalue weighted by Gasteiger charge is -2.41. The molecule has 2 N–H and O–H groups in total. The number of aliphatic carboxylic acids is 1. The van der Waals surface area contributed by atoms with Crippen LogP contribution in [0.1, 0.15) is 54.4 Å². The Bertz CT molecular complexity index is 218. The highest BCUT2D eigenvalue weighted by Gasteiger charge is 2.43. The number of carbonyl (C=O) groups is 1. The summed E-state index contributed by atoms with van der Waals surface area (Å²) in [4.78, 5) is 11.2.